The quantitative estimate of drug-likeness (QED) is 0.810. The fourth-order valence-corrected chi connectivity index (χ4v) is 3.38. The molecule has 2 heterocycles. The highest BCUT2D eigenvalue weighted by Crippen LogP contribution is 2.22. The Balaban J connectivity index is 1.57. The van der Waals surface area contributed by atoms with Gasteiger partial charge in [0, 0.05) is 37.7 Å². The van der Waals surface area contributed by atoms with Gasteiger partial charge >= 0.3 is 0 Å². The molecule has 1 aromatic carbocycles. The Hall–Kier alpha value is -2.70. The minimum atomic E-state index is -0.0461. The van der Waals surface area contributed by atoms with Crippen LogP contribution in [0.3, 0.4) is 0 Å². The molecule has 28 heavy (non-hydrogen) atoms. The van der Waals surface area contributed by atoms with Crippen molar-refractivity contribution in [1.82, 2.24) is 19.9 Å². The first kappa shape index (κ1) is 20.0. The van der Waals surface area contributed by atoms with Crippen LogP contribution in [0, 0.1) is 5.41 Å². The molecule has 0 aliphatic carbocycles. The van der Waals surface area contributed by atoms with E-state index in [-0.39, 0.29) is 29.7 Å². The summed E-state index contributed by atoms with van der Waals surface area (Å²) in [7, 11) is 0. The first-order valence-electron chi connectivity index (χ1n) is 9.68. The molecule has 1 aliphatic heterocycles. The zero-order valence-corrected chi connectivity index (χ0v) is 17.0. The predicted molar refractivity (Wildman–Crippen MR) is 105 cm³/mol. The van der Waals surface area contributed by atoms with Gasteiger partial charge in [-0.25, -0.2) is 0 Å². The summed E-state index contributed by atoms with van der Waals surface area (Å²) in [5.74, 6) is 0.894. The Morgan fingerprint density at radius 2 is 1.86 bits per heavy atom. The van der Waals surface area contributed by atoms with Crippen LogP contribution in [-0.2, 0) is 16.0 Å². The molecule has 0 spiro atoms. The number of amides is 2. The summed E-state index contributed by atoms with van der Waals surface area (Å²) in [6.45, 7) is 9.78. The van der Waals surface area contributed by atoms with E-state index in [1.807, 2.05) is 42.2 Å². The number of piperazine rings is 1. The van der Waals surface area contributed by atoms with Crippen LogP contribution >= 0.6 is 0 Å². The largest absolute Gasteiger partial charge is 0.338 e. The van der Waals surface area contributed by atoms with E-state index >= 15 is 0 Å². The van der Waals surface area contributed by atoms with Gasteiger partial charge in [0.15, 0.2) is 5.82 Å². The normalized spacial score (nSPS) is 17.6. The Morgan fingerprint density at radius 1 is 1.14 bits per heavy atom. The summed E-state index contributed by atoms with van der Waals surface area (Å²) in [4.78, 5) is 33.2. The molecule has 7 nitrogen and oxygen atoms in total. The fourth-order valence-electron chi connectivity index (χ4n) is 3.38. The molecule has 1 saturated heterocycles. The third kappa shape index (κ3) is 4.97. The third-order valence-corrected chi connectivity index (χ3v) is 4.78. The molecular formula is C21H28N4O3. The highest BCUT2D eigenvalue weighted by molar-refractivity contribution is 5.80. The Morgan fingerprint density at radius 3 is 2.50 bits per heavy atom. The van der Waals surface area contributed by atoms with Crippen LogP contribution in [0.25, 0.3) is 11.5 Å². The minimum absolute atomic E-state index is 0.00213. The molecule has 3 rings (SSSR count). The van der Waals surface area contributed by atoms with Crippen molar-refractivity contribution in [3.05, 3.63) is 36.2 Å². The number of nitrogens with zero attached hydrogens (tertiary/aromatic N) is 4. The lowest BCUT2D eigenvalue weighted by atomic mass is 9.91. The van der Waals surface area contributed by atoms with E-state index in [1.165, 1.54) is 0 Å². The van der Waals surface area contributed by atoms with Crippen LogP contribution in [0.1, 0.15) is 39.9 Å². The van der Waals surface area contributed by atoms with Crippen molar-refractivity contribution in [2.75, 3.05) is 19.6 Å². The number of carbonyl (C=O) groups excluding carboxylic acids is 2. The maximum absolute atomic E-state index is 12.7. The van der Waals surface area contributed by atoms with Crippen LogP contribution in [-0.4, -0.2) is 57.4 Å². The molecule has 1 unspecified atom stereocenters. The van der Waals surface area contributed by atoms with Crippen LogP contribution in [0.15, 0.2) is 34.9 Å². The topological polar surface area (TPSA) is 79.5 Å². The molecule has 0 N–H and O–H groups in total. The van der Waals surface area contributed by atoms with Crippen LogP contribution in [0.2, 0.25) is 0 Å². The van der Waals surface area contributed by atoms with E-state index < -0.39 is 0 Å². The van der Waals surface area contributed by atoms with Crippen molar-refractivity contribution in [2.45, 2.75) is 46.6 Å². The predicted octanol–water partition coefficient (Wildman–Crippen LogP) is 2.77. The molecule has 0 radical (unpaired) electrons. The molecule has 0 saturated carbocycles. The van der Waals surface area contributed by atoms with Gasteiger partial charge in [-0.15, -0.1) is 0 Å². The lowest BCUT2D eigenvalue weighted by Gasteiger charge is -2.40. The van der Waals surface area contributed by atoms with Gasteiger partial charge in [-0.05, 0) is 24.5 Å². The number of carbonyl (C=O) groups is 2. The van der Waals surface area contributed by atoms with Crippen molar-refractivity contribution >= 4 is 11.8 Å². The summed E-state index contributed by atoms with van der Waals surface area (Å²) < 4.78 is 5.27. The molecule has 150 valence electrons. The number of benzene rings is 1. The molecule has 1 aromatic heterocycles. The Kier molecular flexibility index (Phi) is 5.82. The third-order valence-electron chi connectivity index (χ3n) is 4.78. The SMILES string of the molecule is CC1CN(C(=O)Cc2noc(-c3ccccc3)n2)CCN1C(=O)CC(C)(C)C. The van der Waals surface area contributed by atoms with Crippen molar-refractivity contribution in [3.8, 4) is 11.5 Å². The molecule has 1 fully saturated rings. The smallest absolute Gasteiger partial charge is 0.257 e. The fraction of sp³-hybridized carbons (Fsp3) is 0.524. The lowest BCUT2D eigenvalue weighted by molar-refractivity contribution is -0.143. The van der Waals surface area contributed by atoms with Crippen molar-refractivity contribution in [1.29, 1.82) is 0 Å². The second-order valence-electron chi connectivity index (χ2n) is 8.57. The van der Waals surface area contributed by atoms with Gasteiger partial charge in [0.25, 0.3) is 5.89 Å². The molecule has 2 amide bonds. The number of hydrogen-bond donors (Lipinski definition) is 0. The number of aromatic nitrogens is 2. The van der Waals surface area contributed by atoms with Gasteiger partial charge in [0.2, 0.25) is 11.8 Å². The minimum Gasteiger partial charge on any atom is -0.338 e. The molecule has 1 aliphatic rings. The van der Waals surface area contributed by atoms with Crippen molar-refractivity contribution in [3.63, 3.8) is 0 Å². The standard InChI is InChI=1S/C21H28N4O3/c1-15-14-24(10-11-25(15)19(27)13-21(2,3)4)18(26)12-17-22-20(28-23-17)16-8-6-5-7-9-16/h5-9,15H,10-14H2,1-4H3. The first-order chi connectivity index (χ1) is 13.2. The van der Waals surface area contributed by atoms with Crippen molar-refractivity contribution in [2.24, 2.45) is 5.41 Å². The van der Waals surface area contributed by atoms with Crippen LogP contribution in [0.5, 0.6) is 0 Å². The van der Waals surface area contributed by atoms with Crippen molar-refractivity contribution < 1.29 is 14.1 Å². The van der Waals surface area contributed by atoms with E-state index in [9.17, 15) is 9.59 Å². The zero-order valence-electron chi connectivity index (χ0n) is 17.0. The van der Waals surface area contributed by atoms with Gasteiger partial charge in [0.05, 0.1) is 6.42 Å². The summed E-state index contributed by atoms with van der Waals surface area (Å²) >= 11 is 0. The highest BCUT2D eigenvalue weighted by atomic mass is 16.5. The number of rotatable bonds is 4. The molecule has 7 heteroatoms. The van der Waals surface area contributed by atoms with Crippen LogP contribution in [0.4, 0.5) is 0 Å². The van der Waals surface area contributed by atoms with Gasteiger partial charge in [0.1, 0.15) is 0 Å². The maximum Gasteiger partial charge on any atom is 0.257 e. The number of hydrogen-bond acceptors (Lipinski definition) is 5. The van der Waals surface area contributed by atoms with E-state index in [0.29, 0.717) is 37.8 Å². The lowest BCUT2D eigenvalue weighted by Crippen LogP contribution is -2.56. The van der Waals surface area contributed by atoms with Gasteiger partial charge < -0.3 is 14.3 Å². The molecule has 1 atom stereocenters. The first-order valence-corrected chi connectivity index (χ1v) is 9.68. The second-order valence-corrected chi connectivity index (χ2v) is 8.57. The molecular weight excluding hydrogens is 356 g/mol. The second kappa shape index (κ2) is 8.12. The van der Waals surface area contributed by atoms with Gasteiger partial charge in [-0.2, -0.15) is 4.98 Å². The summed E-state index contributed by atoms with van der Waals surface area (Å²) in [6, 6.07) is 9.47. The molecule has 0 bridgehead atoms. The van der Waals surface area contributed by atoms with E-state index in [2.05, 4.69) is 30.9 Å². The summed E-state index contributed by atoms with van der Waals surface area (Å²) in [6.07, 6.45) is 0.607. The Bertz CT molecular complexity index is 826. The highest BCUT2D eigenvalue weighted by Gasteiger charge is 2.31. The molecule has 2 aromatic rings. The zero-order chi connectivity index (χ0) is 20.3. The Labute approximate surface area is 165 Å². The van der Waals surface area contributed by atoms with E-state index in [0.717, 1.165) is 5.56 Å². The average Bonchev–Trinajstić information content (AvgIpc) is 3.09. The summed E-state index contributed by atoms with van der Waals surface area (Å²) in [5, 5.41) is 3.93. The average molecular weight is 384 g/mol. The van der Waals surface area contributed by atoms with E-state index in [1.54, 1.807) is 4.90 Å². The van der Waals surface area contributed by atoms with Crippen LogP contribution < -0.4 is 0 Å². The van der Waals surface area contributed by atoms with E-state index in [4.69, 9.17) is 4.52 Å². The van der Waals surface area contributed by atoms with Gasteiger partial charge in [-0.3, -0.25) is 9.59 Å². The monoisotopic (exact) mass is 384 g/mol. The summed E-state index contributed by atoms with van der Waals surface area (Å²) in [5.41, 5.74) is 0.784. The maximum atomic E-state index is 12.7. The van der Waals surface area contributed by atoms with Gasteiger partial charge in [-0.1, -0.05) is 44.1 Å².